The second-order valence-corrected chi connectivity index (χ2v) is 14.6. The van der Waals surface area contributed by atoms with Gasteiger partial charge in [-0.2, -0.15) is 0 Å². The minimum absolute atomic E-state index is 1.13. The molecule has 0 aliphatic rings. The van der Waals surface area contributed by atoms with Crippen molar-refractivity contribution in [3.05, 3.63) is 212 Å². The van der Waals surface area contributed by atoms with Crippen LogP contribution in [0.2, 0.25) is 0 Å². The molecule has 2 heteroatoms. The number of hydrogen-bond donors (Lipinski definition) is 1. The summed E-state index contributed by atoms with van der Waals surface area (Å²) in [5.74, 6) is 0. The van der Waals surface area contributed by atoms with E-state index in [2.05, 4.69) is 222 Å². The fourth-order valence-corrected chi connectivity index (χ4v) is 8.63. The van der Waals surface area contributed by atoms with E-state index in [9.17, 15) is 0 Å². The van der Waals surface area contributed by atoms with Crippen molar-refractivity contribution in [1.82, 2.24) is 9.55 Å². The maximum Gasteiger partial charge on any atom is 0.0619 e. The molecule has 0 saturated carbocycles. The molecule has 11 rings (SSSR count). The number of aromatic nitrogens is 2. The molecular formula is C54H36N2. The number of para-hydroxylation sites is 1. The number of hydrogen-bond acceptors (Lipinski definition) is 0. The highest BCUT2D eigenvalue weighted by Crippen LogP contribution is 2.43. The van der Waals surface area contributed by atoms with E-state index in [-0.39, 0.29) is 0 Å². The van der Waals surface area contributed by atoms with Gasteiger partial charge in [0.15, 0.2) is 0 Å². The van der Waals surface area contributed by atoms with Gasteiger partial charge in [-0.15, -0.1) is 0 Å². The van der Waals surface area contributed by atoms with Gasteiger partial charge < -0.3 is 9.55 Å². The summed E-state index contributed by atoms with van der Waals surface area (Å²) in [5.41, 5.74) is 17.9. The van der Waals surface area contributed by atoms with Crippen molar-refractivity contribution in [1.29, 1.82) is 0 Å². The lowest BCUT2D eigenvalue weighted by atomic mass is 9.94. The van der Waals surface area contributed by atoms with Gasteiger partial charge in [-0.25, -0.2) is 0 Å². The molecule has 11 aromatic rings. The Morgan fingerprint density at radius 3 is 1.38 bits per heavy atom. The van der Waals surface area contributed by atoms with E-state index < -0.39 is 0 Å². The van der Waals surface area contributed by atoms with Crippen LogP contribution in [0.15, 0.2) is 212 Å². The Balaban J connectivity index is 1.17. The first-order valence-electron chi connectivity index (χ1n) is 19.3. The largest absolute Gasteiger partial charge is 0.354 e. The van der Waals surface area contributed by atoms with Gasteiger partial charge in [-0.1, -0.05) is 152 Å². The summed E-state index contributed by atoms with van der Waals surface area (Å²) >= 11 is 0. The van der Waals surface area contributed by atoms with Crippen LogP contribution in [0.5, 0.6) is 0 Å². The third-order valence-corrected chi connectivity index (χ3v) is 11.3. The summed E-state index contributed by atoms with van der Waals surface area (Å²) in [7, 11) is 0. The van der Waals surface area contributed by atoms with Gasteiger partial charge in [0.2, 0.25) is 0 Å². The first-order chi connectivity index (χ1) is 27.8. The average molecular weight is 713 g/mol. The number of aromatic amines is 1. The molecule has 262 valence electrons. The Labute approximate surface area is 325 Å². The number of rotatable bonds is 6. The Morgan fingerprint density at radius 1 is 0.304 bits per heavy atom. The van der Waals surface area contributed by atoms with Crippen LogP contribution in [0.1, 0.15) is 0 Å². The zero-order valence-electron chi connectivity index (χ0n) is 30.7. The molecule has 0 aliphatic carbocycles. The molecule has 0 aliphatic heterocycles. The first kappa shape index (κ1) is 32.0. The molecule has 2 aromatic heterocycles. The van der Waals surface area contributed by atoms with E-state index in [4.69, 9.17) is 0 Å². The Bertz CT molecular complexity index is 3200. The molecular weight excluding hydrogens is 677 g/mol. The van der Waals surface area contributed by atoms with Crippen molar-refractivity contribution in [2.45, 2.75) is 0 Å². The molecule has 2 heterocycles. The van der Waals surface area contributed by atoms with Gasteiger partial charge in [0, 0.05) is 43.9 Å². The number of fused-ring (bicyclic) bond motifs is 6. The lowest BCUT2D eigenvalue weighted by Gasteiger charge is -2.13. The molecule has 0 bridgehead atoms. The van der Waals surface area contributed by atoms with Crippen LogP contribution in [0.25, 0.3) is 105 Å². The highest BCUT2D eigenvalue weighted by Gasteiger charge is 2.20. The zero-order valence-corrected chi connectivity index (χ0v) is 30.7. The molecule has 0 radical (unpaired) electrons. The summed E-state index contributed by atoms with van der Waals surface area (Å²) in [4.78, 5) is 3.82. The monoisotopic (exact) mass is 712 g/mol. The van der Waals surface area contributed by atoms with Crippen molar-refractivity contribution in [2.75, 3.05) is 0 Å². The SMILES string of the molecule is c1ccc(-c2cc(-c3ccccc3)c3[nH]c4ccc(-c5ccc6c(c5)c5cc(-c7ccccc7)cc(-c7ccccc7)c5n6-c5ccccc5)cc4c3c2)cc1. The molecule has 2 nitrogen and oxygen atoms in total. The molecule has 0 saturated heterocycles. The maximum absolute atomic E-state index is 3.82. The summed E-state index contributed by atoms with van der Waals surface area (Å²) < 4.78 is 2.45. The lowest BCUT2D eigenvalue weighted by Crippen LogP contribution is -1.95. The van der Waals surface area contributed by atoms with E-state index in [0.717, 1.165) is 16.7 Å². The van der Waals surface area contributed by atoms with Crippen LogP contribution in [0.3, 0.4) is 0 Å². The van der Waals surface area contributed by atoms with E-state index >= 15 is 0 Å². The van der Waals surface area contributed by atoms with Crippen molar-refractivity contribution >= 4 is 43.6 Å². The van der Waals surface area contributed by atoms with E-state index in [1.54, 1.807) is 0 Å². The minimum atomic E-state index is 1.13. The van der Waals surface area contributed by atoms with Crippen molar-refractivity contribution in [3.63, 3.8) is 0 Å². The van der Waals surface area contributed by atoms with Crippen LogP contribution < -0.4 is 0 Å². The fraction of sp³-hybridized carbons (Fsp3) is 0. The first-order valence-corrected chi connectivity index (χ1v) is 19.3. The minimum Gasteiger partial charge on any atom is -0.354 e. The number of H-pyrrole nitrogens is 1. The third-order valence-electron chi connectivity index (χ3n) is 11.3. The average Bonchev–Trinajstić information content (AvgIpc) is 3.82. The van der Waals surface area contributed by atoms with Crippen LogP contribution in [-0.2, 0) is 0 Å². The van der Waals surface area contributed by atoms with Crippen molar-refractivity contribution in [3.8, 4) is 61.3 Å². The van der Waals surface area contributed by atoms with Gasteiger partial charge >= 0.3 is 0 Å². The van der Waals surface area contributed by atoms with Crippen molar-refractivity contribution in [2.24, 2.45) is 0 Å². The maximum atomic E-state index is 3.82. The van der Waals surface area contributed by atoms with Crippen LogP contribution in [-0.4, -0.2) is 9.55 Å². The van der Waals surface area contributed by atoms with E-state index in [1.165, 1.54) is 88.2 Å². The Hall–Kier alpha value is -7.42. The van der Waals surface area contributed by atoms with E-state index in [1.807, 2.05) is 0 Å². The fourth-order valence-electron chi connectivity index (χ4n) is 8.63. The second-order valence-electron chi connectivity index (χ2n) is 14.6. The number of nitrogens with zero attached hydrogens (tertiary/aromatic N) is 1. The zero-order chi connectivity index (χ0) is 37.0. The van der Waals surface area contributed by atoms with Gasteiger partial charge in [0.25, 0.3) is 0 Å². The Morgan fingerprint density at radius 2 is 0.768 bits per heavy atom. The van der Waals surface area contributed by atoms with Crippen LogP contribution in [0, 0.1) is 0 Å². The smallest absolute Gasteiger partial charge is 0.0619 e. The number of nitrogens with one attached hydrogen (secondary N) is 1. The number of benzene rings is 9. The molecule has 1 N–H and O–H groups in total. The quantitative estimate of drug-likeness (QED) is 0.177. The Kier molecular flexibility index (Phi) is 7.53. The van der Waals surface area contributed by atoms with E-state index in [0.29, 0.717) is 0 Å². The predicted molar refractivity (Wildman–Crippen MR) is 237 cm³/mol. The summed E-state index contributed by atoms with van der Waals surface area (Å²) in [6, 6.07) is 77.1. The summed E-state index contributed by atoms with van der Waals surface area (Å²) in [6.45, 7) is 0. The highest BCUT2D eigenvalue weighted by molar-refractivity contribution is 6.17. The topological polar surface area (TPSA) is 20.7 Å². The molecule has 0 atom stereocenters. The molecule has 56 heavy (non-hydrogen) atoms. The molecule has 9 aromatic carbocycles. The normalized spacial score (nSPS) is 11.6. The van der Waals surface area contributed by atoms with Gasteiger partial charge in [0.05, 0.1) is 16.6 Å². The second kappa shape index (κ2) is 13.2. The van der Waals surface area contributed by atoms with Gasteiger partial charge in [-0.3, -0.25) is 0 Å². The molecule has 0 unspecified atom stereocenters. The molecule has 0 amide bonds. The van der Waals surface area contributed by atoms with Gasteiger partial charge in [0.1, 0.15) is 0 Å². The van der Waals surface area contributed by atoms with Crippen molar-refractivity contribution < 1.29 is 0 Å². The predicted octanol–water partition coefficient (Wildman–Crippen LogP) is 14.8. The summed E-state index contributed by atoms with van der Waals surface area (Å²) in [5, 5.41) is 4.91. The standard InChI is InChI=1S/C54H36N2/c1-6-16-36(17-7-1)42-32-45(38-20-10-3-11-21-38)53-49(34-42)47-30-40(26-28-51(47)55-53)41-27-29-52-48(31-41)50-35-43(37-18-8-2-9-19-37)33-46(39-22-12-4-13-23-39)54(50)56(52)44-24-14-5-15-25-44/h1-35,55H. The van der Waals surface area contributed by atoms with Crippen LogP contribution in [0.4, 0.5) is 0 Å². The highest BCUT2D eigenvalue weighted by atomic mass is 15.0. The van der Waals surface area contributed by atoms with Crippen LogP contribution >= 0.6 is 0 Å². The molecule has 0 fully saturated rings. The van der Waals surface area contributed by atoms with Gasteiger partial charge in [-0.05, 0) is 105 Å². The lowest BCUT2D eigenvalue weighted by molar-refractivity contribution is 1.18. The third kappa shape index (κ3) is 5.34. The molecule has 0 spiro atoms. The summed E-state index contributed by atoms with van der Waals surface area (Å²) in [6.07, 6.45) is 0.